The lowest BCUT2D eigenvalue weighted by atomic mass is 9.89. The van der Waals surface area contributed by atoms with E-state index in [9.17, 15) is 14.7 Å². The number of ether oxygens (including phenoxy) is 1. The molecule has 5 rings (SSSR count). The summed E-state index contributed by atoms with van der Waals surface area (Å²) in [6.45, 7) is 6.71. The van der Waals surface area contributed by atoms with Gasteiger partial charge in [0.25, 0.3) is 5.56 Å². The topological polar surface area (TPSA) is 93.5 Å². The molecular formula is C24H25N3O4. The van der Waals surface area contributed by atoms with Crippen LogP contribution in [0.3, 0.4) is 0 Å². The molecule has 2 N–H and O–H groups in total. The number of cyclic esters (lactones) is 1. The van der Waals surface area contributed by atoms with Gasteiger partial charge in [-0.15, -0.1) is 0 Å². The maximum Gasteiger partial charge on any atom is 0.342 e. The second-order valence-corrected chi connectivity index (χ2v) is 8.75. The van der Waals surface area contributed by atoms with E-state index in [1.807, 2.05) is 18.2 Å². The smallest absolute Gasteiger partial charge is 0.342 e. The monoisotopic (exact) mass is 419 g/mol. The number of rotatable bonds is 4. The molecule has 2 aromatic heterocycles. The molecule has 2 aliphatic rings. The quantitative estimate of drug-likeness (QED) is 0.493. The van der Waals surface area contributed by atoms with E-state index in [0.29, 0.717) is 29.4 Å². The van der Waals surface area contributed by atoms with Crippen molar-refractivity contribution in [2.45, 2.75) is 52.0 Å². The fraction of sp³-hybridized carbons (Fsp3) is 0.375. The Morgan fingerprint density at radius 1 is 1.26 bits per heavy atom. The predicted molar refractivity (Wildman–Crippen MR) is 117 cm³/mol. The number of hydrogen-bond donors (Lipinski definition) is 2. The van der Waals surface area contributed by atoms with Gasteiger partial charge in [-0.2, -0.15) is 0 Å². The van der Waals surface area contributed by atoms with Crippen LogP contribution in [0.25, 0.3) is 22.3 Å². The van der Waals surface area contributed by atoms with Gasteiger partial charge in [-0.1, -0.05) is 32.0 Å². The predicted octanol–water partition coefficient (Wildman–Crippen LogP) is 2.23. The molecular weight excluding hydrogens is 394 g/mol. The van der Waals surface area contributed by atoms with Gasteiger partial charge in [-0.05, 0) is 37.6 Å². The van der Waals surface area contributed by atoms with Crippen molar-refractivity contribution in [1.29, 1.82) is 0 Å². The second-order valence-electron chi connectivity index (χ2n) is 8.75. The fourth-order valence-corrected chi connectivity index (χ4v) is 4.64. The molecule has 0 unspecified atom stereocenters. The number of carbonyl (C=O) groups is 1. The van der Waals surface area contributed by atoms with Gasteiger partial charge in [0.2, 0.25) is 0 Å². The SMILES string of the molecule is CC(C)NCCc1c2c(nc3ccccc13)-c1cc3c(c(=O)n1C2)COC(=O)[C@@]3(C)O. The molecule has 7 heteroatoms. The van der Waals surface area contributed by atoms with Crippen LogP contribution in [0.4, 0.5) is 0 Å². The largest absolute Gasteiger partial charge is 0.458 e. The molecule has 0 aliphatic carbocycles. The number of benzene rings is 1. The zero-order chi connectivity index (χ0) is 21.9. The summed E-state index contributed by atoms with van der Waals surface area (Å²) < 4.78 is 6.76. The molecule has 1 aromatic carbocycles. The van der Waals surface area contributed by atoms with Crippen LogP contribution in [0.15, 0.2) is 35.1 Å². The Balaban J connectivity index is 1.72. The van der Waals surface area contributed by atoms with Crippen molar-refractivity contribution >= 4 is 16.9 Å². The number of aromatic nitrogens is 2. The van der Waals surface area contributed by atoms with Crippen LogP contribution in [-0.4, -0.2) is 33.2 Å². The van der Waals surface area contributed by atoms with Gasteiger partial charge >= 0.3 is 5.97 Å². The number of nitrogens with zero attached hydrogens (tertiary/aromatic N) is 2. The Bertz CT molecular complexity index is 1290. The summed E-state index contributed by atoms with van der Waals surface area (Å²) in [6, 6.07) is 10.1. The van der Waals surface area contributed by atoms with E-state index in [-0.39, 0.29) is 12.2 Å². The Morgan fingerprint density at radius 3 is 2.81 bits per heavy atom. The first-order chi connectivity index (χ1) is 14.8. The highest BCUT2D eigenvalue weighted by molar-refractivity contribution is 5.89. The molecule has 0 spiro atoms. The number of esters is 1. The zero-order valence-corrected chi connectivity index (χ0v) is 17.9. The van der Waals surface area contributed by atoms with Gasteiger partial charge in [0.15, 0.2) is 5.60 Å². The van der Waals surface area contributed by atoms with Crippen LogP contribution in [-0.2, 0) is 34.7 Å². The third kappa shape index (κ3) is 2.99. The lowest BCUT2D eigenvalue weighted by molar-refractivity contribution is -0.169. The highest BCUT2D eigenvalue weighted by Gasteiger charge is 2.43. The summed E-state index contributed by atoms with van der Waals surface area (Å²) in [5, 5.41) is 15.3. The summed E-state index contributed by atoms with van der Waals surface area (Å²) in [5.41, 5.74) is 2.99. The van der Waals surface area contributed by atoms with E-state index in [0.717, 1.165) is 35.1 Å². The fourth-order valence-electron chi connectivity index (χ4n) is 4.64. The van der Waals surface area contributed by atoms with Crippen molar-refractivity contribution in [2.75, 3.05) is 6.54 Å². The second kappa shape index (κ2) is 7.00. The normalized spacial score (nSPS) is 19.3. The highest BCUT2D eigenvalue weighted by Crippen LogP contribution is 2.39. The minimum atomic E-state index is -1.86. The molecule has 0 saturated heterocycles. The molecule has 3 aromatic rings. The van der Waals surface area contributed by atoms with Gasteiger partial charge in [0, 0.05) is 22.6 Å². The Morgan fingerprint density at radius 2 is 2.03 bits per heavy atom. The standard InChI is InChI=1S/C24H25N3O4/c1-13(2)25-9-8-14-15-6-4-5-7-19(15)26-21-16(14)11-27-20(21)10-18-17(22(27)28)12-31-23(29)24(18,3)30/h4-7,10,13,25,30H,8-9,11-12H2,1-3H3/t24-/m0/s1. The average molecular weight is 419 g/mol. The van der Waals surface area contributed by atoms with Crippen LogP contribution < -0.4 is 10.9 Å². The van der Waals surface area contributed by atoms with Crippen LogP contribution in [0.2, 0.25) is 0 Å². The number of pyridine rings is 2. The third-order valence-corrected chi connectivity index (χ3v) is 6.27. The number of aliphatic hydroxyl groups is 1. The van der Waals surface area contributed by atoms with Crippen LogP contribution >= 0.6 is 0 Å². The summed E-state index contributed by atoms with van der Waals surface area (Å²) in [6.07, 6.45) is 0.811. The van der Waals surface area contributed by atoms with Crippen LogP contribution in [0, 0.1) is 0 Å². The molecule has 2 aliphatic heterocycles. The summed E-state index contributed by atoms with van der Waals surface area (Å²) in [5.74, 6) is -0.741. The maximum atomic E-state index is 13.3. The van der Waals surface area contributed by atoms with Crippen molar-refractivity contribution in [3.05, 3.63) is 62.9 Å². The van der Waals surface area contributed by atoms with Gasteiger partial charge in [-0.25, -0.2) is 9.78 Å². The van der Waals surface area contributed by atoms with Crippen LogP contribution in [0.1, 0.15) is 43.0 Å². The molecule has 31 heavy (non-hydrogen) atoms. The van der Waals surface area contributed by atoms with E-state index in [1.165, 1.54) is 12.5 Å². The van der Waals surface area contributed by atoms with Crippen LogP contribution in [0.5, 0.6) is 0 Å². The molecule has 0 bridgehead atoms. The Kier molecular flexibility index (Phi) is 4.50. The molecule has 4 heterocycles. The van der Waals surface area contributed by atoms with Gasteiger partial charge < -0.3 is 19.7 Å². The van der Waals surface area contributed by atoms with Gasteiger partial charge in [0.05, 0.1) is 29.0 Å². The number of nitrogens with one attached hydrogen (secondary N) is 1. The van der Waals surface area contributed by atoms with Gasteiger partial charge in [0.1, 0.15) is 6.61 Å². The van der Waals surface area contributed by atoms with E-state index in [2.05, 4.69) is 25.2 Å². The zero-order valence-electron chi connectivity index (χ0n) is 17.9. The van der Waals surface area contributed by atoms with E-state index >= 15 is 0 Å². The molecule has 0 amide bonds. The molecule has 0 saturated carbocycles. The molecule has 160 valence electrons. The first-order valence-electron chi connectivity index (χ1n) is 10.6. The Labute approximate surface area is 179 Å². The number of hydrogen-bond acceptors (Lipinski definition) is 6. The van der Waals surface area contributed by atoms with E-state index < -0.39 is 11.6 Å². The maximum absolute atomic E-state index is 13.3. The lowest BCUT2D eigenvalue weighted by Gasteiger charge is -2.29. The average Bonchev–Trinajstić information content (AvgIpc) is 3.09. The summed E-state index contributed by atoms with van der Waals surface area (Å²) in [4.78, 5) is 30.3. The molecule has 7 nitrogen and oxygen atoms in total. The minimum absolute atomic E-state index is 0.125. The van der Waals surface area contributed by atoms with E-state index in [1.54, 1.807) is 10.6 Å². The Hall–Kier alpha value is -3.03. The van der Waals surface area contributed by atoms with Crippen molar-refractivity contribution in [3.8, 4) is 11.4 Å². The first kappa shape index (κ1) is 19.9. The van der Waals surface area contributed by atoms with E-state index in [4.69, 9.17) is 9.72 Å². The van der Waals surface area contributed by atoms with Crippen molar-refractivity contribution in [3.63, 3.8) is 0 Å². The lowest BCUT2D eigenvalue weighted by Crippen LogP contribution is -2.42. The van der Waals surface area contributed by atoms with Crippen molar-refractivity contribution in [1.82, 2.24) is 14.9 Å². The molecule has 1 atom stereocenters. The van der Waals surface area contributed by atoms with Crippen molar-refractivity contribution in [2.24, 2.45) is 0 Å². The summed E-state index contributed by atoms with van der Waals surface area (Å²) >= 11 is 0. The first-order valence-corrected chi connectivity index (χ1v) is 10.6. The third-order valence-electron chi connectivity index (χ3n) is 6.27. The van der Waals surface area contributed by atoms with Gasteiger partial charge in [-0.3, -0.25) is 4.79 Å². The highest BCUT2D eigenvalue weighted by atomic mass is 16.6. The number of carbonyl (C=O) groups excluding carboxylic acids is 1. The minimum Gasteiger partial charge on any atom is -0.458 e. The number of fused-ring (bicyclic) bond motifs is 5. The van der Waals surface area contributed by atoms with Crippen molar-refractivity contribution < 1.29 is 14.6 Å². The molecule has 0 fully saturated rings. The number of para-hydroxylation sites is 1. The summed E-state index contributed by atoms with van der Waals surface area (Å²) in [7, 11) is 0. The molecule has 0 radical (unpaired) electrons.